The lowest BCUT2D eigenvalue weighted by Crippen LogP contribution is -2.22. The molecule has 32 heavy (non-hydrogen) atoms. The van der Waals surface area contributed by atoms with Gasteiger partial charge in [-0.25, -0.2) is 0 Å². The molecule has 0 unspecified atom stereocenters. The molecule has 0 aliphatic carbocycles. The molecule has 6 nitrogen and oxygen atoms in total. The number of hydrogen-bond donors (Lipinski definition) is 3. The van der Waals surface area contributed by atoms with Gasteiger partial charge in [0.15, 0.2) is 0 Å². The summed E-state index contributed by atoms with van der Waals surface area (Å²) < 4.78 is 5.52. The van der Waals surface area contributed by atoms with Crippen LogP contribution in [0.25, 0.3) is 22.8 Å². The number of carbonyl (C=O) groups is 1. The highest BCUT2D eigenvalue weighted by atomic mass is 16.5. The lowest BCUT2D eigenvalue weighted by Gasteiger charge is -2.16. The van der Waals surface area contributed by atoms with E-state index in [0.29, 0.717) is 17.8 Å². The lowest BCUT2D eigenvalue weighted by atomic mass is 9.94. The molecule has 0 spiro atoms. The van der Waals surface area contributed by atoms with Crippen LogP contribution in [-0.4, -0.2) is 42.1 Å². The molecule has 0 aliphatic rings. The second-order valence-electron chi connectivity index (χ2n) is 7.62. The molecule has 4 N–H and O–H groups in total. The summed E-state index contributed by atoms with van der Waals surface area (Å²) >= 11 is 0. The van der Waals surface area contributed by atoms with Crippen LogP contribution in [0.1, 0.15) is 34.0 Å². The maximum absolute atomic E-state index is 12.7. The van der Waals surface area contributed by atoms with Crippen molar-refractivity contribution >= 4 is 23.4 Å². The first-order valence-electron chi connectivity index (χ1n) is 10.3. The fourth-order valence-corrected chi connectivity index (χ4v) is 3.65. The minimum Gasteiger partial charge on any atom is -0.507 e. The zero-order valence-corrected chi connectivity index (χ0v) is 18.9. The number of benzene rings is 2. The number of carbonyl (C=O) groups excluding carboxylic acids is 1. The Morgan fingerprint density at radius 1 is 1.25 bits per heavy atom. The molecule has 3 rings (SSSR count). The van der Waals surface area contributed by atoms with E-state index >= 15 is 0 Å². The van der Waals surface area contributed by atoms with Crippen LogP contribution in [0.15, 0.2) is 55.3 Å². The lowest BCUT2D eigenvalue weighted by molar-refractivity contribution is 0.0824. The zero-order valence-electron chi connectivity index (χ0n) is 18.9. The molecule has 3 aromatic rings. The molecule has 0 aliphatic heterocycles. The van der Waals surface area contributed by atoms with E-state index in [4.69, 9.17) is 10.5 Å². The number of anilines is 1. The van der Waals surface area contributed by atoms with Crippen LogP contribution in [0.5, 0.6) is 11.5 Å². The number of aromatic amines is 1. The number of amides is 1. The molecule has 0 saturated heterocycles. The summed E-state index contributed by atoms with van der Waals surface area (Å²) in [7, 11) is 4.94. The van der Waals surface area contributed by atoms with E-state index in [9.17, 15) is 9.90 Å². The summed E-state index contributed by atoms with van der Waals surface area (Å²) in [6.07, 6.45) is 6.07. The molecule has 1 heterocycles. The molecule has 0 atom stereocenters. The van der Waals surface area contributed by atoms with Gasteiger partial charge in [0, 0.05) is 37.0 Å². The number of para-hydroxylation sites is 1. The van der Waals surface area contributed by atoms with Crippen molar-refractivity contribution in [3.63, 3.8) is 0 Å². The number of aromatic hydroxyl groups is 1. The highest BCUT2D eigenvalue weighted by molar-refractivity contribution is 6.00. The third-order valence-electron chi connectivity index (χ3n) is 5.41. The van der Waals surface area contributed by atoms with Crippen LogP contribution in [0.3, 0.4) is 0 Å². The number of aryl methyl sites for hydroxylation is 1. The molecule has 1 amide bonds. The molecule has 166 valence electrons. The third kappa shape index (κ3) is 4.25. The first-order valence-corrected chi connectivity index (χ1v) is 10.3. The quantitative estimate of drug-likeness (QED) is 0.461. The van der Waals surface area contributed by atoms with Gasteiger partial charge in [0.1, 0.15) is 17.3 Å². The van der Waals surface area contributed by atoms with E-state index in [1.54, 1.807) is 33.3 Å². The monoisotopic (exact) mass is 431 g/mol. The van der Waals surface area contributed by atoms with Gasteiger partial charge in [-0.05, 0) is 47.4 Å². The minimum atomic E-state index is -0.265. The number of phenols is 1. The fraction of sp³-hybridized carbons (Fsp3) is 0.192. The van der Waals surface area contributed by atoms with Gasteiger partial charge in [0.2, 0.25) is 0 Å². The molecule has 0 saturated carbocycles. The Balaban J connectivity index is 2.20. The molecule has 0 fully saturated rings. The van der Waals surface area contributed by atoms with Crippen LogP contribution in [-0.2, 0) is 6.42 Å². The number of phenolic OH excluding ortho intramolecular Hbond substituents is 1. The molecule has 2 aromatic carbocycles. The van der Waals surface area contributed by atoms with E-state index in [-0.39, 0.29) is 17.2 Å². The van der Waals surface area contributed by atoms with Gasteiger partial charge in [-0.1, -0.05) is 37.8 Å². The van der Waals surface area contributed by atoms with Crippen molar-refractivity contribution in [3.05, 3.63) is 77.5 Å². The minimum absolute atomic E-state index is 0.00855. The van der Waals surface area contributed by atoms with Crippen LogP contribution in [0.4, 0.5) is 5.82 Å². The topological polar surface area (TPSA) is 91.6 Å². The predicted molar refractivity (Wildman–Crippen MR) is 131 cm³/mol. The normalized spacial score (nSPS) is 11.3. The van der Waals surface area contributed by atoms with Gasteiger partial charge in [-0.15, -0.1) is 0 Å². The Morgan fingerprint density at radius 3 is 2.59 bits per heavy atom. The van der Waals surface area contributed by atoms with Crippen molar-refractivity contribution in [1.82, 2.24) is 9.88 Å². The number of H-pyrrole nitrogens is 1. The van der Waals surface area contributed by atoms with Gasteiger partial charge in [-0.2, -0.15) is 0 Å². The summed E-state index contributed by atoms with van der Waals surface area (Å²) in [6.45, 7) is 5.90. The Bertz CT molecular complexity index is 1190. The second-order valence-corrected chi connectivity index (χ2v) is 7.62. The summed E-state index contributed by atoms with van der Waals surface area (Å²) in [5.74, 6) is 0.981. The van der Waals surface area contributed by atoms with E-state index in [1.807, 2.05) is 49.5 Å². The summed E-state index contributed by atoms with van der Waals surface area (Å²) in [6, 6.07) is 11.3. The first-order chi connectivity index (χ1) is 15.3. The van der Waals surface area contributed by atoms with Crippen LogP contribution in [0, 0.1) is 0 Å². The van der Waals surface area contributed by atoms with Gasteiger partial charge < -0.3 is 25.5 Å². The molecule has 0 bridgehead atoms. The number of allylic oxidation sites excluding steroid dienone is 2. The number of nitrogen functional groups attached to an aromatic ring is 1. The van der Waals surface area contributed by atoms with Crippen molar-refractivity contribution in [2.75, 3.05) is 26.9 Å². The smallest absolute Gasteiger partial charge is 0.257 e. The number of ether oxygens (including phenoxy) is 1. The standard InChI is InChI=1S/C26H29N3O3/c1-6-16(18-12-17(7-2)24(30)21(14-18)26(31)29(3)4)13-20-22(15-28-25(20)27)19-10-8-9-11-23(19)32-5/h6,8-15,28,30H,1,7,27H2,2-5H3/b16-13+. The fourth-order valence-electron chi connectivity index (χ4n) is 3.65. The second kappa shape index (κ2) is 9.47. The van der Waals surface area contributed by atoms with Crippen molar-refractivity contribution in [3.8, 4) is 22.6 Å². The Kier molecular flexibility index (Phi) is 6.73. The highest BCUT2D eigenvalue weighted by Gasteiger charge is 2.19. The summed E-state index contributed by atoms with van der Waals surface area (Å²) in [4.78, 5) is 17.2. The number of rotatable bonds is 7. The zero-order chi connectivity index (χ0) is 23.4. The average Bonchev–Trinajstić information content (AvgIpc) is 3.16. The van der Waals surface area contributed by atoms with Crippen molar-refractivity contribution < 1.29 is 14.6 Å². The van der Waals surface area contributed by atoms with E-state index in [1.165, 1.54) is 4.90 Å². The van der Waals surface area contributed by atoms with Gasteiger partial charge in [0.05, 0.1) is 12.7 Å². The summed E-state index contributed by atoms with van der Waals surface area (Å²) in [5, 5.41) is 10.6. The number of hydrogen-bond acceptors (Lipinski definition) is 4. The van der Waals surface area contributed by atoms with Crippen molar-refractivity contribution in [2.24, 2.45) is 0 Å². The van der Waals surface area contributed by atoms with E-state index in [0.717, 1.165) is 33.6 Å². The Hall–Kier alpha value is -3.93. The first kappa shape index (κ1) is 22.7. The molecule has 0 radical (unpaired) electrons. The number of nitrogens with one attached hydrogen (secondary N) is 1. The van der Waals surface area contributed by atoms with Crippen molar-refractivity contribution in [2.45, 2.75) is 13.3 Å². The third-order valence-corrected chi connectivity index (χ3v) is 5.41. The SMILES string of the molecule is C=C/C(=C\c1c(-c2ccccc2OC)c[nH]c1N)c1cc(CC)c(O)c(C(=O)N(C)C)c1. The van der Waals surface area contributed by atoms with E-state index in [2.05, 4.69) is 11.6 Å². The largest absolute Gasteiger partial charge is 0.507 e. The van der Waals surface area contributed by atoms with Crippen LogP contribution < -0.4 is 10.5 Å². The van der Waals surface area contributed by atoms with Gasteiger partial charge in [0.25, 0.3) is 5.91 Å². The number of methoxy groups -OCH3 is 1. The maximum Gasteiger partial charge on any atom is 0.257 e. The predicted octanol–water partition coefficient (Wildman–Crippen LogP) is 4.97. The van der Waals surface area contributed by atoms with Crippen molar-refractivity contribution in [1.29, 1.82) is 0 Å². The van der Waals surface area contributed by atoms with Gasteiger partial charge in [-0.3, -0.25) is 4.79 Å². The molecular formula is C26H29N3O3. The number of aromatic nitrogens is 1. The maximum atomic E-state index is 12.7. The number of nitrogens with two attached hydrogens (primary N) is 1. The average molecular weight is 432 g/mol. The molecule has 1 aromatic heterocycles. The Morgan fingerprint density at radius 2 is 1.97 bits per heavy atom. The van der Waals surface area contributed by atoms with Crippen LogP contribution in [0.2, 0.25) is 0 Å². The summed E-state index contributed by atoms with van der Waals surface area (Å²) in [5.41, 5.74) is 11.3. The van der Waals surface area contributed by atoms with E-state index < -0.39 is 0 Å². The van der Waals surface area contributed by atoms with Crippen LogP contribution >= 0.6 is 0 Å². The van der Waals surface area contributed by atoms with Gasteiger partial charge >= 0.3 is 0 Å². The number of nitrogens with zero attached hydrogens (tertiary/aromatic N) is 1. The Labute approximate surface area is 188 Å². The molecule has 6 heteroatoms. The highest BCUT2D eigenvalue weighted by Crippen LogP contribution is 2.37. The molecular weight excluding hydrogens is 402 g/mol.